The molecule has 1 heterocycles. The van der Waals surface area contributed by atoms with E-state index in [0.29, 0.717) is 16.3 Å². The number of hydrazine groups is 1. The molecule has 26 heavy (non-hydrogen) atoms. The highest BCUT2D eigenvalue weighted by Gasteiger charge is 2.15. The van der Waals surface area contributed by atoms with Gasteiger partial charge in [-0.2, -0.15) is 0 Å². The molecule has 0 bridgehead atoms. The van der Waals surface area contributed by atoms with Crippen LogP contribution >= 0.6 is 11.6 Å². The topological polar surface area (TPSA) is 130 Å². The van der Waals surface area contributed by atoms with Crippen LogP contribution in [0.2, 0.25) is 5.02 Å². The maximum atomic E-state index is 11.8. The molecule has 0 spiro atoms. The van der Waals surface area contributed by atoms with Crippen molar-refractivity contribution in [2.75, 3.05) is 6.54 Å². The molecular formula is C16H15ClN4O5. The molecule has 2 aromatic rings. The van der Waals surface area contributed by atoms with Gasteiger partial charge in [0.25, 0.3) is 11.8 Å². The van der Waals surface area contributed by atoms with Crippen molar-refractivity contribution in [3.63, 3.8) is 0 Å². The molecule has 136 valence electrons. The number of carbonyl (C=O) groups is 4. The van der Waals surface area contributed by atoms with Gasteiger partial charge in [-0.1, -0.05) is 11.6 Å². The standard InChI is InChI=1S/C16H15ClN4O5/c17-11-5-3-10(4-6-11)14(23)19-9-13(22)20-21-16(25)15(24)18-8-12-2-1-7-26-12/h1-7H,8-9H2,(H,18,24)(H,19,23)(H,20,22)(H,21,25). The van der Waals surface area contributed by atoms with Gasteiger partial charge in [0.1, 0.15) is 5.76 Å². The Hall–Kier alpha value is -3.33. The predicted molar refractivity (Wildman–Crippen MR) is 90.6 cm³/mol. The predicted octanol–water partition coefficient (Wildman–Crippen LogP) is 0.127. The van der Waals surface area contributed by atoms with Crippen molar-refractivity contribution in [3.8, 4) is 0 Å². The number of hydrogen-bond donors (Lipinski definition) is 4. The van der Waals surface area contributed by atoms with Crippen molar-refractivity contribution in [1.82, 2.24) is 21.5 Å². The first-order valence-electron chi connectivity index (χ1n) is 7.39. The molecule has 0 aliphatic rings. The Kier molecular flexibility index (Phi) is 6.75. The van der Waals surface area contributed by atoms with Gasteiger partial charge in [-0.3, -0.25) is 30.0 Å². The number of carbonyl (C=O) groups excluding carboxylic acids is 4. The Bertz CT molecular complexity index is 789. The van der Waals surface area contributed by atoms with E-state index in [1.807, 2.05) is 10.9 Å². The van der Waals surface area contributed by atoms with Gasteiger partial charge < -0.3 is 15.1 Å². The lowest BCUT2D eigenvalue weighted by molar-refractivity contribution is -0.141. The lowest BCUT2D eigenvalue weighted by Crippen LogP contribution is -2.50. The highest BCUT2D eigenvalue weighted by molar-refractivity contribution is 6.35. The van der Waals surface area contributed by atoms with Gasteiger partial charge in [-0.05, 0) is 36.4 Å². The van der Waals surface area contributed by atoms with E-state index in [9.17, 15) is 19.2 Å². The quantitative estimate of drug-likeness (QED) is 0.434. The fourth-order valence-electron chi connectivity index (χ4n) is 1.75. The maximum absolute atomic E-state index is 11.8. The minimum Gasteiger partial charge on any atom is -0.467 e. The third kappa shape index (κ3) is 5.95. The summed E-state index contributed by atoms with van der Waals surface area (Å²) in [6.07, 6.45) is 1.43. The Balaban J connectivity index is 1.67. The molecule has 0 atom stereocenters. The first kappa shape index (κ1) is 19.0. The fraction of sp³-hybridized carbons (Fsp3) is 0.125. The summed E-state index contributed by atoms with van der Waals surface area (Å²) in [5, 5.41) is 5.14. The summed E-state index contributed by atoms with van der Waals surface area (Å²) in [6, 6.07) is 9.35. The van der Waals surface area contributed by atoms with Gasteiger partial charge in [-0.15, -0.1) is 0 Å². The van der Waals surface area contributed by atoms with Crippen LogP contribution in [0.3, 0.4) is 0 Å². The SMILES string of the molecule is O=C(CNC(=O)c1ccc(Cl)cc1)NNC(=O)C(=O)NCc1ccco1. The average Bonchev–Trinajstić information content (AvgIpc) is 3.16. The first-order valence-corrected chi connectivity index (χ1v) is 7.76. The number of halogens is 1. The Morgan fingerprint density at radius 2 is 1.65 bits per heavy atom. The van der Waals surface area contributed by atoms with Crippen molar-refractivity contribution in [1.29, 1.82) is 0 Å². The average molecular weight is 379 g/mol. The van der Waals surface area contributed by atoms with Crippen molar-refractivity contribution >= 4 is 35.2 Å². The van der Waals surface area contributed by atoms with Gasteiger partial charge in [0.2, 0.25) is 0 Å². The van der Waals surface area contributed by atoms with Crippen molar-refractivity contribution in [2.24, 2.45) is 0 Å². The molecule has 0 aliphatic heterocycles. The zero-order chi connectivity index (χ0) is 18.9. The second-order valence-corrected chi connectivity index (χ2v) is 5.39. The summed E-state index contributed by atoms with van der Waals surface area (Å²) in [5.74, 6) is -2.74. The molecule has 2 rings (SSSR count). The molecule has 1 aromatic carbocycles. The summed E-state index contributed by atoms with van der Waals surface area (Å²) in [5.41, 5.74) is 4.27. The van der Waals surface area contributed by atoms with Crippen LogP contribution < -0.4 is 21.5 Å². The highest BCUT2D eigenvalue weighted by Crippen LogP contribution is 2.09. The van der Waals surface area contributed by atoms with E-state index in [1.54, 1.807) is 12.1 Å². The second-order valence-electron chi connectivity index (χ2n) is 4.95. The van der Waals surface area contributed by atoms with Crippen LogP contribution in [0.5, 0.6) is 0 Å². The van der Waals surface area contributed by atoms with Gasteiger partial charge in [-0.25, -0.2) is 0 Å². The van der Waals surface area contributed by atoms with E-state index in [0.717, 1.165) is 0 Å². The minimum atomic E-state index is -1.06. The van der Waals surface area contributed by atoms with E-state index < -0.39 is 30.2 Å². The van der Waals surface area contributed by atoms with Crippen LogP contribution in [0.25, 0.3) is 0 Å². The summed E-state index contributed by atoms with van der Waals surface area (Å²) >= 11 is 5.72. The van der Waals surface area contributed by atoms with Gasteiger partial charge in [0.05, 0.1) is 19.4 Å². The van der Waals surface area contributed by atoms with Crippen LogP contribution in [0.4, 0.5) is 0 Å². The summed E-state index contributed by atoms with van der Waals surface area (Å²) in [4.78, 5) is 46.5. The molecule has 4 N–H and O–H groups in total. The minimum absolute atomic E-state index is 0.0321. The highest BCUT2D eigenvalue weighted by atomic mass is 35.5. The van der Waals surface area contributed by atoms with Gasteiger partial charge >= 0.3 is 11.8 Å². The zero-order valence-electron chi connectivity index (χ0n) is 13.4. The smallest absolute Gasteiger partial charge is 0.327 e. The molecule has 1 aromatic heterocycles. The van der Waals surface area contributed by atoms with E-state index in [-0.39, 0.29) is 6.54 Å². The lowest BCUT2D eigenvalue weighted by Gasteiger charge is -2.08. The number of nitrogens with one attached hydrogen (secondary N) is 4. The number of rotatable bonds is 5. The summed E-state index contributed by atoms with van der Waals surface area (Å²) < 4.78 is 5.00. The zero-order valence-corrected chi connectivity index (χ0v) is 14.1. The van der Waals surface area contributed by atoms with E-state index in [2.05, 4.69) is 10.6 Å². The molecule has 4 amide bonds. The Morgan fingerprint density at radius 3 is 2.31 bits per heavy atom. The third-order valence-corrected chi connectivity index (χ3v) is 3.29. The second kappa shape index (κ2) is 9.23. The summed E-state index contributed by atoms with van der Waals surface area (Å²) in [6.45, 7) is -0.361. The van der Waals surface area contributed by atoms with Crippen LogP contribution in [-0.4, -0.2) is 30.2 Å². The van der Waals surface area contributed by atoms with Crippen molar-refractivity contribution in [2.45, 2.75) is 6.54 Å². The molecule has 9 nitrogen and oxygen atoms in total. The molecule has 0 aliphatic carbocycles. The Morgan fingerprint density at radius 1 is 0.923 bits per heavy atom. The normalized spacial score (nSPS) is 9.88. The lowest BCUT2D eigenvalue weighted by atomic mass is 10.2. The number of hydrogen-bond acceptors (Lipinski definition) is 5. The van der Waals surface area contributed by atoms with Crippen LogP contribution in [0.15, 0.2) is 47.1 Å². The molecule has 0 fully saturated rings. The first-order chi connectivity index (χ1) is 12.5. The Labute approximate surface area is 153 Å². The van der Waals surface area contributed by atoms with Crippen LogP contribution in [0, 0.1) is 0 Å². The third-order valence-electron chi connectivity index (χ3n) is 3.04. The van der Waals surface area contributed by atoms with Crippen molar-refractivity contribution < 1.29 is 23.6 Å². The van der Waals surface area contributed by atoms with Crippen LogP contribution in [-0.2, 0) is 20.9 Å². The van der Waals surface area contributed by atoms with Crippen LogP contribution in [0.1, 0.15) is 16.1 Å². The fourth-order valence-corrected chi connectivity index (χ4v) is 1.88. The van der Waals surface area contributed by atoms with E-state index >= 15 is 0 Å². The number of furan rings is 1. The summed E-state index contributed by atoms with van der Waals surface area (Å²) in [7, 11) is 0. The number of benzene rings is 1. The van der Waals surface area contributed by atoms with Gasteiger partial charge in [0.15, 0.2) is 0 Å². The van der Waals surface area contributed by atoms with Gasteiger partial charge in [0, 0.05) is 10.6 Å². The van der Waals surface area contributed by atoms with E-state index in [1.165, 1.54) is 30.5 Å². The monoisotopic (exact) mass is 378 g/mol. The van der Waals surface area contributed by atoms with E-state index in [4.69, 9.17) is 16.0 Å². The molecule has 0 saturated heterocycles. The van der Waals surface area contributed by atoms with Crippen molar-refractivity contribution in [3.05, 3.63) is 59.0 Å². The molecule has 10 heteroatoms. The largest absolute Gasteiger partial charge is 0.467 e. The molecule has 0 radical (unpaired) electrons. The number of amides is 4. The maximum Gasteiger partial charge on any atom is 0.327 e. The molecular weight excluding hydrogens is 364 g/mol. The molecule has 0 unspecified atom stereocenters. The molecule has 0 saturated carbocycles.